The summed E-state index contributed by atoms with van der Waals surface area (Å²) in [7, 11) is 1.50. The molecule has 0 aliphatic rings. The van der Waals surface area contributed by atoms with E-state index in [0.29, 0.717) is 11.3 Å². The summed E-state index contributed by atoms with van der Waals surface area (Å²) in [5.74, 6) is -0.153. The first kappa shape index (κ1) is 14.4. The molecule has 0 fully saturated rings. The van der Waals surface area contributed by atoms with Crippen LogP contribution in [0.2, 0.25) is 0 Å². The lowest BCUT2D eigenvalue weighted by molar-refractivity contribution is -0.125. The molecule has 1 rings (SSSR count). The van der Waals surface area contributed by atoms with Crippen LogP contribution < -0.4 is 15.8 Å². The molecule has 1 aromatic rings. The average Bonchev–Trinajstić information content (AvgIpc) is 2.27. The van der Waals surface area contributed by atoms with Gasteiger partial charge in [0.25, 0.3) is 0 Å². The van der Waals surface area contributed by atoms with Gasteiger partial charge in [-0.1, -0.05) is 0 Å². The number of halogens is 1. The Kier molecular flexibility index (Phi) is 4.29. The lowest BCUT2D eigenvalue weighted by atomic mass is 10.0. The molecule has 3 N–H and O–H groups in total. The minimum atomic E-state index is -0.977. The van der Waals surface area contributed by atoms with E-state index in [-0.39, 0.29) is 17.8 Å². The van der Waals surface area contributed by atoms with Crippen molar-refractivity contribution in [2.75, 3.05) is 7.11 Å². The van der Waals surface area contributed by atoms with E-state index in [0.717, 1.165) is 0 Å². The number of hydrogen-bond donors (Lipinski definition) is 2. The lowest BCUT2D eigenvalue weighted by Gasteiger charge is -2.23. The van der Waals surface area contributed by atoms with Crippen LogP contribution in [0.15, 0.2) is 18.2 Å². The first-order valence-corrected chi connectivity index (χ1v) is 5.69. The summed E-state index contributed by atoms with van der Waals surface area (Å²) in [6.07, 6.45) is 0. The number of rotatable bonds is 4. The third-order valence-electron chi connectivity index (χ3n) is 2.59. The summed E-state index contributed by atoms with van der Waals surface area (Å²) < 4.78 is 18.4. The lowest BCUT2D eigenvalue weighted by Crippen LogP contribution is -2.49. The molecule has 0 spiro atoms. The van der Waals surface area contributed by atoms with E-state index in [2.05, 4.69) is 5.32 Å². The second kappa shape index (κ2) is 5.35. The molecule has 18 heavy (non-hydrogen) atoms. The number of nitrogens with one attached hydrogen (secondary N) is 1. The van der Waals surface area contributed by atoms with Gasteiger partial charge in [-0.3, -0.25) is 4.79 Å². The average molecular weight is 254 g/mol. The third kappa shape index (κ3) is 3.43. The van der Waals surface area contributed by atoms with Gasteiger partial charge in [-0.2, -0.15) is 0 Å². The van der Waals surface area contributed by atoms with Crippen LogP contribution in [0, 0.1) is 5.82 Å². The molecule has 4 nitrogen and oxygen atoms in total. The Hall–Kier alpha value is -1.62. The van der Waals surface area contributed by atoms with Gasteiger partial charge in [0, 0.05) is 5.56 Å². The Morgan fingerprint density at radius 1 is 1.50 bits per heavy atom. The van der Waals surface area contributed by atoms with Crippen LogP contribution in [0.1, 0.15) is 32.4 Å². The summed E-state index contributed by atoms with van der Waals surface area (Å²) in [5, 5.41) is 2.73. The Balaban J connectivity index is 2.93. The normalized spacial score (nSPS) is 13.0. The Labute approximate surface area is 106 Å². The minimum Gasteiger partial charge on any atom is -0.496 e. The number of ether oxygens (including phenoxy) is 1. The Morgan fingerprint density at radius 2 is 2.11 bits per heavy atom. The number of nitrogens with two attached hydrogens (primary N) is 1. The van der Waals surface area contributed by atoms with Crippen LogP contribution in [0.25, 0.3) is 0 Å². The second-order valence-corrected chi connectivity index (χ2v) is 4.80. The van der Waals surface area contributed by atoms with Gasteiger partial charge in [0.05, 0.1) is 18.7 Å². The Morgan fingerprint density at radius 3 is 2.61 bits per heavy atom. The minimum absolute atomic E-state index is 0.304. The van der Waals surface area contributed by atoms with Crippen molar-refractivity contribution in [3.8, 4) is 5.75 Å². The maximum Gasteiger partial charge on any atom is 0.239 e. The van der Waals surface area contributed by atoms with E-state index in [9.17, 15) is 9.18 Å². The van der Waals surface area contributed by atoms with E-state index in [1.54, 1.807) is 20.8 Å². The van der Waals surface area contributed by atoms with Crippen molar-refractivity contribution in [3.63, 3.8) is 0 Å². The standard InChI is InChI=1S/C13H19FN2O2/c1-8(16-12(17)13(2,3)15)10-7-9(14)5-6-11(10)18-4/h5-8H,15H2,1-4H3,(H,16,17). The van der Waals surface area contributed by atoms with E-state index in [1.807, 2.05) is 0 Å². The van der Waals surface area contributed by atoms with Gasteiger partial charge in [0.1, 0.15) is 11.6 Å². The molecular weight excluding hydrogens is 235 g/mol. The van der Waals surface area contributed by atoms with Crippen molar-refractivity contribution in [1.29, 1.82) is 0 Å². The SMILES string of the molecule is COc1ccc(F)cc1C(C)NC(=O)C(C)(C)N. The van der Waals surface area contributed by atoms with E-state index < -0.39 is 5.54 Å². The molecule has 1 unspecified atom stereocenters. The van der Waals surface area contributed by atoms with Crippen molar-refractivity contribution in [1.82, 2.24) is 5.32 Å². The predicted molar refractivity (Wildman–Crippen MR) is 67.8 cm³/mol. The van der Waals surface area contributed by atoms with Crippen LogP contribution in [-0.2, 0) is 4.79 Å². The molecule has 100 valence electrons. The number of benzene rings is 1. The van der Waals surface area contributed by atoms with Crippen molar-refractivity contribution in [3.05, 3.63) is 29.6 Å². The second-order valence-electron chi connectivity index (χ2n) is 4.80. The monoisotopic (exact) mass is 254 g/mol. The molecule has 1 atom stereocenters. The molecule has 1 aromatic carbocycles. The van der Waals surface area contributed by atoms with Gasteiger partial charge in [0.2, 0.25) is 5.91 Å². The van der Waals surface area contributed by atoms with Gasteiger partial charge in [-0.15, -0.1) is 0 Å². The Bertz CT molecular complexity index is 441. The maximum atomic E-state index is 13.2. The highest BCUT2D eigenvalue weighted by Crippen LogP contribution is 2.26. The van der Waals surface area contributed by atoms with Gasteiger partial charge in [-0.05, 0) is 39.0 Å². The van der Waals surface area contributed by atoms with Crippen molar-refractivity contribution < 1.29 is 13.9 Å². The van der Waals surface area contributed by atoms with E-state index in [1.165, 1.54) is 25.3 Å². The number of methoxy groups -OCH3 is 1. The molecular formula is C13H19FN2O2. The molecule has 0 bridgehead atoms. The fourth-order valence-corrected chi connectivity index (χ4v) is 1.50. The molecule has 0 heterocycles. The topological polar surface area (TPSA) is 64.3 Å². The summed E-state index contributed by atoms with van der Waals surface area (Å²) in [5.41, 5.74) is 5.29. The zero-order valence-electron chi connectivity index (χ0n) is 11.1. The van der Waals surface area contributed by atoms with Crippen LogP contribution in [-0.4, -0.2) is 18.6 Å². The van der Waals surface area contributed by atoms with Gasteiger partial charge in [-0.25, -0.2) is 4.39 Å². The van der Waals surface area contributed by atoms with Crippen molar-refractivity contribution in [2.45, 2.75) is 32.4 Å². The van der Waals surface area contributed by atoms with Crippen LogP contribution in [0.3, 0.4) is 0 Å². The zero-order valence-corrected chi connectivity index (χ0v) is 11.1. The summed E-state index contributed by atoms with van der Waals surface area (Å²) in [4.78, 5) is 11.8. The number of carbonyl (C=O) groups is 1. The van der Waals surface area contributed by atoms with Gasteiger partial charge in [0.15, 0.2) is 0 Å². The predicted octanol–water partition coefficient (Wildman–Crippen LogP) is 1.75. The number of hydrogen-bond acceptors (Lipinski definition) is 3. The zero-order chi connectivity index (χ0) is 13.9. The molecule has 0 aliphatic heterocycles. The highest BCUT2D eigenvalue weighted by atomic mass is 19.1. The highest BCUT2D eigenvalue weighted by molar-refractivity contribution is 5.85. The first-order valence-electron chi connectivity index (χ1n) is 5.69. The maximum absolute atomic E-state index is 13.2. The molecule has 0 saturated heterocycles. The number of amides is 1. The smallest absolute Gasteiger partial charge is 0.239 e. The van der Waals surface area contributed by atoms with E-state index in [4.69, 9.17) is 10.5 Å². The van der Waals surface area contributed by atoms with E-state index >= 15 is 0 Å². The van der Waals surface area contributed by atoms with Crippen molar-refractivity contribution >= 4 is 5.91 Å². The summed E-state index contributed by atoms with van der Waals surface area (Å²) in [6, 6.07) is 3.80. The third-order valence-corrected chi connectivity index (χ3v) is 2.59. The van der Waals surface area contributed by atoms with Gasteiger partial charge >= 0.3 is 0 Å². The molecule has 1 amide bonds. The first-order chi connectivity index (χ1) is 8.25. The molecule has 0 radical (unpaired) electrons. The molecule has 0 aromatic heterocycles. The fraction of sp³-hybridized carbons (Fsp3) is 0.462. The van der Waals surface area contributed by atoms with Gasteiger partial charge < -0.3 is 15.8 Å². The molecule has 0 saturated carbocycles. The number of carbonyl (C=O) groups excluding carboxylic acids is 1. The quantitative estimate of drug-likeness (QED) is 0.860. The largest absolute Gasteiger partial charge is 0.496 e. The van der Waals surface area contributed by atoms with Crippen molar-refractivity contribution in [2.24, 2.45) is 5.73 Å². The molecule has 0 aliphatic carbocycles. The van der Waals surface area contributed by atoms with Crippen LogP contribution >= 0.6 is 0 Å². The summed E-state index contributed by atoms with van der Waals surface area (Å²) in [6.45, 7) is 4.97. The fourth-order valence-electron chi connectivity index (χ4n) is 1.50. The molecule has 5 heteroatoms. The summed E-state index contributed by atoms with van der Waals surface area (Å²) >= 11 is 0. The van der Waals surface area contributed by atoms with Crippen LogP contribution in [0.5, 0.6) is 5.75 Å². The van der Waals surface area contributed by atoms with Crippen LogP contribution in [0.4, 0.5) is 4.39 Å². The highest BCUT2D eigenvalue weighted by Gasteiger charge is 2.24.